The van der Waals surface area contributed by atoms with Gasteiger partial charge in [-0.05, 0) is 23.5 Å². The molecule has 2 aromatic heterocycles. The summed E-state index contributed by atoms with van der Waals surface area (Å²) < 4.78 is 36.6. The van der Waals surface area contributed by atoms with Gasteiger partial charge in [-0.3, -0.25) is 0 Å². The summed E-state index contributed by atoms with van der Waals surface area (Å²) in [6.45, 7) is 8.50. The molecule has 0 fully saturated rings. The molecule has 0 saturated carbocycles. The number of aromatic nitrogens is 2. The van der Waals surface area contributed by atoms with E-state index in [1.54, 1.807) is 7.11 Å². The number of hydrogen-bond acceptors (Lipinski definition) is 2. The summed E-state index contributed by atoms with van der Waals surface area (Å²) >= 11 is 0. The summed E-state index contributed by atoms with van der Waals surface area (Å²) in [4.78, 5) is 3.49. The number of pyridine rings is 2. The van der Waals surface area contributed by atoms with Crippen LogP contribution >= 0.6 is 0 Å². The van der Waals surface area contributed by atoms with E-state index in [-0.39, 0.29) is 11.0 Å². The minimum Gasteiger partial charge on any atom is -0.496 e. The van der Waals surface area contributed by atoms with Gasteiger partial charge in [-0.25, -0.2) is 0 Å². The Bertz CT molecular complexity index is 833. The number of ether oxygens (including phenoxy) is 1. The number of hydrogen-bond donors (Lipinski definition) is 0. The van der Waals surface area contributed by atoms with Crippen LogP contribution in [0, 0.1) is 11.9 Å². The van der Waals surface area contributed by atoms with Crippen LogP contribution < -0.4 is 9.30 Å². The normalized spacial score (nSPS) is 20.9. The fourth-order valence-corrected chi connectivity index (χ4v) is 4.48. The monoisotopic (exact) mass is 361 g/mol. The molecule has 3 heterocycles. The van der Waals surface area contributed by atoms with Crippen molar-refractivity contribution in [3.05, 3.63) is 41.9 Å². The van der Waals surface area contributed by atoms with Gasteiger partial charge in [-0.2, -0.15) is 18.3 Å². The summed E-state index contributed by atoms with van der Waals surface area (Å²) in [5.74, 6) is -0.882. The lowest BCUT2D eigenvalue weighted by Gasteiger charge is -2.35. The molecule has 0 bridgehead atoms. The van der Waals surface area contributed by atoms with E-state index in [9.17, 15) is 8.78 Å². The zero-order valence-electron chi connectivity index (χ0n) is 16.2. The van der Waals surface area contributed by atoms with Crippen LogP contribution in [0.2, 0.25) is 0 Å². The predicted molar refractivity (Wildman–Crippen MR) is 97.2 cm³/mol. The molecule has 1 atom stereocenters. The van der Waals surface area contributed by atoms with E-state index in [1.165, 1.54) is 6.07 Å². The standard InChI is InChI=1S/C21H27F2N2O/c1-6-20(4)13-21(7-2,8-3)25-10-9-14(26-5)11-16(25)18-15(20)12-17(22)24-19(18)23/h9-12H,6-8,13H2,1-5H3/q+1. The van der Waals surface area contributed by atoms with Crippen LogP contribution in [-0.4, -0.2) is 12.1 Å². The Hall–Kier alpha value is -2.04. The van der Waals surface area contributed by atoms with E-state index in [1.807, 2.05) is 18.3 Å². The topological polar surface area (TPSA) is 26.0 Å². The lowest BCUT2D eigenvalue weighted by Crippen LogP contribution is -2.57. The van der Waals surface area contributed by atoms with Gasteiger partial charge in [0.2, 0.25) is 17.6 Å². The number of fused-ring (bicyclic) bond motifs is 3. The fraction of sp³-hybridized carbons (Fsp3) is 0.524. The Morgan fingerprint density at radius 3 is 2.42 bits per heavy atom. The van der Waals surface area contributed by atoms with Crippen molar-refractivity contribution in [2.75, 3.05) is 7.11 Å². The van der Waals surface area contributed by atoms with Gasteiger partial charge < -0.3 is 4.74 Å². The number of halogens is 2. The van der Waals surface area contributed by atoms with Crippen LogP contribution in [-0.2, 0) is 11.0 Å². The summed E-state index contributed by atoms with van der Waals surface area (Å²) in [6.07, 6.45) is 5.36. The van der Waals surface area contributed by atoms with Gasteiger partial charge >= 0.3 is 0 Å². The Labute approximate surface area is 154 Å². The number of nitrogens with zero attached hydrogens (tertiary/aromatic N) is 2. The van der Waals surface area contributed by atoms with E-state index in [0.29, 0.717) is 22.6 Å². The third-order valence-corrected chi connectivity index (χ3v) is 6.34. The second-order valence-corrected chi connectivity index (χ2v) is 7.50. The first-order valence-electron chi connectivity index (χ1n) is 9.31. The van der Waals surface area contributed by atoms with Crippen molar-refractivity contribution in [3.63, 3.8) is 0 Å². The molecular formula is C21H27F2N2O+. The summed E-state index contributed by atoms with van der Waals surface area (Å²) in [6, 6.07) is 5.14. The van der Waals surface area contributed by atoms with Crippen LogP contribution in [0.15, 0.2) is 24.4 Å². The first-order valence-corrected chi connectivity index (χ1v) is 9.31. The van der Waals surface area contributed by atoms with Crippen LogP contribution in [0.4, 0.5) is 8.78 Å². The van der Waals surface area contributed by atoms with E-state index in [0.717, 1.165) is 25.7 Å². The zero-order valence-corrected chi connectivity index (χ0v) is 16.2. The third kappa shape index (κ3) is 2.68. The molecule has 0 N–H and O–H groups in total. The summed E-state index contributed by atoms with van der Waals surface area (Å²) in [7, 11) is 1.59. The molecule has 0 aromatic carbocycles. The smallest absolute Gasteiger partial charge is 0.229 e. The first-order chi connectivity index (χ1) is 12.3. The predicted octanol–water partition coefficient (Wildman–Crippen LogP) is 4.91. The maximum Gasteiger partial charge on any atom is 0.229 e. The Balaban J connectivity index is 2.47. The Morgan fingerprint density at radius 2 is 1.85 bits per heavy atom. The van der Waals surface area contributed by atoms with Gasteiger partial charge in [0, 0.05) is 25.3 Å². The van der Waals surface area contributed by atoms with E-state index >= 15 is 0 Å². The highest BCUT2D eigenvalue weighted by atomic mass is 19.1. The van der Waals surface area contributed by atoms with Crippen LogP contribution in [0.1, 0.15) is 58.9 Å². The minimum absolute atomic E-state index is 0.186. The van der Waals surface area contributed by atoms with Crippen molar-refractivity contribution in [2.45, 2.75) is 64.3 Å². The largest absolute Gasteiger partial charge is 0.496 e. The van der Waals surface area contributed by atoms with Crippen LogP contribution in [0.25, 0.3) is 11.3 Å². The second kappa shape index (κ2) is 6.60. The SMILES string of the molecule is CCC1(C)CC(CC)(CC)[n+]2ccc(OC)cc2-c2c1cc(F)nc2F. The fourth-order valence-electron chi connectivity index (χ4n) is 4.48. The Kier molecular flexibility index (Phi) is 4.76. The van der Waals surface area contributed by atoms with Crippen LogP contribution in [0.3, 0.4) is 0 Å². The highest BCUT2D eigenvalue weighted by Gasteiger charge is 2.50. The van der Waals surface area contributed by atoms with E-state index in [4.69, 9.17) is 4.74 Å². The maximum atomic E-state index is 15.0. The molecule has 5 heteroatoms. The Morgan fingerprint density at radius 1 is 1.15 bits per heavy atom. The molecule has 26 heavy (non-hydrogen) atoms. The molecule has 1 aliphatic heterocycles. The summed E-state index contributed by atoms with van der Waals surface area (Å²) in [5, 5.41) is 0. The summed E-state index contributed by atoms with van der Waals surface area (Å²) in [5.41, 5.74) is 1.24. The van der Waals surface area contributed by atoms with E-state index in [2.05, 4.69) is 37.2 Å². The third-order valence-electron chi connectivity index (χ3n) is 6.34. The van der Waals surface area contributed by atoms with E-state index < -0.39 is 11.9 Å². The van der Waals surface area contributed by atoms with Crippen molar-refractivity contribution in [1.29, 1.82) is 0 Å². The van der Waals surface area contributed by atoms with Gasteiger partial charge in [-0.15, -0.1) is 0 Å². The highest BCUT2D eigenvalue weighted by Crippen LogP contribution is 2.47. The molecule has 0 spiro atoms. The minimum atomic E-state index is -0.768. The average Bonchev–Trinajstić information content (AvgIpc) is 2.73. The van der Waals surface area contributed by atoms with Crippen molar-refractivity contribution in [1.82, 2.24) is 4.98 Å². The molecule has 140 valence electrons. The lowest BCUT2D eigenvalue weighted by molar-refractivity contribution is -0.758. The van der Waals surface area contributed by atoms with Crippen molar-refractivity contribution >= 4 is 0 Å². The molecular weight excluding hydrogens is 334 g/mol. The molecule has 0 aliphatic carbocycles. The van der Waals surface area contributed by atoms with Gasteiger partial charge in [0.1, 0.15) is 11.3 Å². The molecule has 0 saturated heterocycles. The number of rotatable bonds is 4. The van der Waals surface area contributed by atoms with Gasteiger partial charge in [0.05, 0.1) is 13.2 Å². The quantitative estimate of drug-likeness (QED) is 0.571. The highest BCUT2D eigenvalue weighted by molar-refractivity contribution is 5.64. The van der Waals surface area contributed by atoms with Gasteiger partial charge in [-0.1, -0.05) is 27.7 Å². The molecule has 1 aliphatic rings. The molecule has 2 aromatic rings. The van der Waals surface area contributed by atoms with Crippen molar-refractivity contribution < 1.29 is 18.1 Å². The lowest BCUT2D eigenvalue weighted by atomic mass is 9.69. The van der Waals surface area contributed by atoms with Crippen molar-refractivity contribution in [2.24, 2.45) is 0 Å². The molecule has 0 radical (unpaired) electrons. The molecule has 0 amide bonds. The van der Waals surface area contributed by atoms with Gasteiger partial charge in [0.25, 0.3) is 0 Å². The molecule has 3 rings (SSSR count). The first kappa shape index (κ1) is 18.7. The second-order valence-electron chi connectivity index (χ2n) is 7.50. The van der Waals surface area contributed by atoms with Gasteiger partial charge in [0.15, 0.2) is 11.7 Å². The average molecular weight is 361 g/mol. The number of methoxy groups -OCH3 is 1. The van der Waals surface area contributed by atoms with Crippen molar-refractivity contribution in [3.8, 4) is 17.0 Å². The zero-order chi connectivity index (χ0) is 19.1. The molecule has 1 unspecified atom stereocenters. The maximum absolute atomic E-state index is 15.0. The molecule has 3 nitrogen and oxygen atoms in total. The van der Waals surface area contributed by atoms with Crippen LogP contribution in [0.5, 0.6) is 5.75 Å².